The van der Waals surface area contributed by atoms with Crippen LogP contribution in [0.2, 0.25) is 0 Å². The monoisotopic (exact) mass is 289 g/mol. The summed E-state index contributed by atoms with van der Waals surface area (Å²) >= 11 is 0. The lowest BCUT2D eigenvalue weighted by atomic mass is 9.82. The highest BCUT2D eigenvalue weighted by Gasteiger charge is 2.35. The number of nitrogens with two attached hydrogens (primary N) is 1. The van der Waals surface area contributed by atoms with E-state index in [1.54, 1.807) is 0 Å². The zero-order chi connectivity index (χ0) is 15.3. The van der Waals surface area contributed by atoms with Gasteiger partial charge in [-0.1, -0.05) is 26.0 Å². The first kappa shape index (κ1) is 16.0. The molecule has 0 saturated carbocycles. The lowest BCUT2D eigenvalue weighted by Gasteiger charge is -2.26. The Kier molecular flexibility index (Phi) is 5.37. The maximum atomic E-state index is 12.1. The van der Waals surface area contributed by atoms with Gasteiger partial charge in [-0.25, -0.2) is 0 Å². The van der Waals surface area contributed by atoms with Crippen LogP contribution in [0.1, 0.15) is 38.7 Å². The molecule has 1 heterocycles. The molecular formula is C17H27N3O. The molecule has 0 aliphatic carbocycles. The van der Waals surface area contributed by atoms with Crippen LogP contribution in [0.15, 0.2) is 24.3 Å². The number of rotatable bonds is 6. The first-order valence-corrected chi connectivity index (χ1v) is 7.92. The highest BCUT2D eigenvalue weighted by atomic mass is 16.2. The lowest BCUT2D eigenvalue weighted by Crippen LogP contribution is -2.33. The third-order valence-corrected chi connectivity index (χ3v) is 4.86. The van der Waals surface area contributed by atoms with E-state index in [1.807, 2.05) is 24.3 Å². The van der Waals surface area contributed by atoms with Gasteiger partial charge in [0.25, 0.3) is 0 Å². The van der Waals surface area contributed by atoms with Crippen molar-refractivity contribution in [1.29, 1.82) is 0 Å². The Balaban J connectivity index is 1.85. The van der Waals surface area contributed by atoms with Crippen molar-refractivity contribution in [3.63, 3.8) is 0 Å². The predicted molar refractivity (Wildman–Crippen MR) is 87.0 cm³/mol. The molecule has 1 amide bonds. The van der Waals surface area contributed by atoms with Crippen LogP contribution >= 0.6 is 0 Å². The first-order chi connectivity index (χ1) is 10.1. The average molecular weight is 289 g/mol. The number of benzene rings is 1. The fourth-order valence-electron chi connectivity index (χ4n) is 3.12. The number of hydrogen-bond acceptors (Lipinski definition) is 3. The maximum absolute atomic E-state index is 12.1. The van der Waals surface area contributed by atoms with Crippen molar-refractivity contribution in [1.82, 2.24) is 4.90 Å². The molecule has 0 radical (unpaired) electrons. The van der Waals surface area contributed by atoms with Crippen LogP contribution in [0.5, 0.6) is 0 Å². The highest BCUT2D eigenvalue weighted by Crippen LogP contribution is 2.36. The SMILES string of the molecule is CCC1(CC)CCN(CC(=O)Nc2ccc(CN)cc2)C1. The Morgan fingerprint density at radius 1 is 1.29 bits per heavy atom. The van der Waals surface area contributed by atoms with E-state index in [-0.39, 0.29) is 5.91 Å². The summed E-state index contributed by atoms with van der Waals surface area (Å²) in [6, 6.07) is 7.72. The smallest absolute Gasteiger partial charge is 0.238 e. The fourth-order valence-corrected chi connectivity index (χ4v) is 3.12. The van der Waals surface area contributed by atoms with Gasteiger partial charge in [0.1, 0.15) is 0 Å². The van der Waals surface area contributed by atoms with Crippen LogP contribution in [0, 0.1) is 5.41 Å². The molecule has 1 aliphatic heterocycles. The Labute approximate surface area is 127 Å². The lowest BCUT2D eigenvalue weighted by molar-refractivity contribution is -0.117. The van der Waals surface area contributed by atoms with Crippen molar-refractivity contribution in [2.24, 2.45) is 11.1 Å². The van der Waals surface area contributed by atoms with E-state index in [9.17, 15) is 4.79 Å². The van der Waals surface area contributed by atoms with Crippen LogP contribution in [0.25, 0.3) is 0 Å². The van der Waals surface area contributed by atoms with Gasteiger partial charge in [0.05, 0.1) is 6.54 Å². The molecule has 0 unspecified atom stereocenters. The average Bonchev–Trinajstić information content (AvgIpc) is 2.92. The highest BCUT2D eigenvalue weighted by molar-refractivity contribution is 5.92. The van der Waals surface area contributed by atoms with Gasteiger partial charge in [0, 0.05) is 18.8 Å². The Hall–Kier alpha value is -1.39. The minimum atomic E-state index is 0.0681. The zero-order valence-electron chi connectivity index (χ0n) is 13.2. The van der Waals surface area contributed by atoms with Crippen LogP contribution in [0.3, 0.4) is 0 Å². The van der Waals surface area contributed by atoms with Gasteiger partial charge in [-0.2, -0.15) is 0 Å². The summed E-state index contributed by atoms with van der Waals surface area (Å²) in [6.45, 7) is 7.59. The second-order valence-electron chi connectivity index (χ2n) is 6.12. The summed E-state index contributed by atoms with van der Waals surface area (Å²) in [5, 5.41) is 2.96. The van der Waals surface area contributed by atoms with Crippen molar-refractivity contribution < 1.29 is 4.79 Å². The van der Waals surface area contributed by atoms with E-state index in [4.69, 9.17) is 5.73 Å². The quantitative estimate of drug-likeness (QED) is 0.846. The summed E-state index contributed by atoms with van der Waals surface area (Å²) in [6.07, 6.45) is 3.60. The number of anilines is 1. The van der Waals surface area contributed by atoms with E-state index in [0.717, 1.165) is 24.3 Å². The largest absolute Gasteiger partial charge is 0.326 e. The third kappa shape index (κ3) is 4.05. The molecule has 1 saturated heterocycles. The normalized spacial score (nSPS) is 17.9. The standard InChI is InChI=1S/C17H27N3O/c1-3-17(4-2)9-10-20(13-17)12-16(21)19-15-7-5-14(11-18)6-8-15/h5-8H,3-4,9-13,18H2,1-2H3,(H,19,21). The number of nitrogens with zero attached hydrogens (tertiary/aromatic N) is 1. The molecule has 1 aromatic rings. The fraction of sp³-hybridized carbons (Fsp3) is 0.588. The van der Waals surface area contributed by atoms with Crippen LogP contribution in [0.4, 0.5) is 5.69 Å². The number of likely N-dealkylation sites (tertiary alicyclic amines) is 1. The molecule has 21 heavy (non-hydrogen) atoms. The second-order valence-corrected chi connectivity index (χ2v) is 6.12. The summed E-state index contributed by atoms with van der Waals surface area (Å²) in [5.74, 6) is 0.0681. The minimum absolute atomic E-state index is 0.0681. The molecule has 0 spiro atoms. The molecule has 2 rings (SSSR count). The van der Waals surface area contributed by atoms with Crippen molar-refractivity contribution in [2.75, 3.05) is 25.0 Å². The Bertz CT molecular complexity index is 465. The van der Waals surface area contributed by atoms with Gasteiger partial charge < -0.3 is 11.1 Å². The van der Waals surface area contributed by atoms with Gasteiger partial charge in [-0.15, -0.1) is 0 Å². The van der Waals surface area contributed by atoms with Gasteiger partial charge >= 0.3 is 0 Å². The van der Waals surface area contributed by atoms with E-state index in [1.165, 1.54) is 19.3 Å². The topological polar surface area (TPSA) is 58.4 Å². The van der Waals surface area contributed by atoms with Crippen molar-refractivity contribution in [3.05, 3.63) is 29.8 Å². The van der Waals surface area contributed by atoms with Crippen LogP contribution in [-0.2, 0) is 11.3 Å². The summed E-state index contributed by atoms with van der Waals surface area (Å²) in [5.41, 5.74) is 7.90. The van der Waals surface area contributed by atoms with Crippen molar-refractivity contribution in [2.45, 2.75) is 39.7 Å². The summed E-state index contributed by atoms with van der Waals surface area (Å²) in [7, 11) is 0. The third-order valence-electron chi connectivity index (χ3n) is 4.86. The van der Waals surface area contributed by atoms with Gasteiger partial charge in [-0.05, 0) is 48.9 Å². The van der Waals surface area contributed by atoms with Gasteiger partial charge in [-0.3, -0.25) is 9.69 Å². The second kappa shape index (κ2) is 7.05. The van der Waals surface area contributed by atoms with Gasteiger partial charge in [0.2, 0.25) is 5.91 Å². The molecule has 116 valence electrons. The van der Waals surface area contributed by atoms with E-state index in [2.05, 4.69) is 24.1 Å². The number of hydrogen-bond donors (Lipinski definition) is 2. The predicted octanol–water partition coefficient (Wildman–Crippen LogP) is 2.60. The van der Waals surface area contributed by atoms with Crippen LogP contribution in [-0.4, -0.2) is 30.4 Å². The number of carbonyl (C=O) groups is 1. The van der Waals surface area contributed by atoms with Crippen molar-refractivity contribution >= 4 is 11.6 Å². The molecule has 3 N–H and O–H groups in total. The molecule has 0 atom stereocenters. The molecule has 1 aliphatic rings. The number of nitrogens with one attached hydrogen (secondary N) is 1. The number of amides is 1. The minimum Gasteiger partial charge on any atom is -0.326 e. The Morgan fingerprint density at radius 2 is 1.95 bits per heavy atom. The number of carbonyl (C=O) groups excluding carboxylic acids is 1. The van der Waals surface area contributed by atoms with E-state index >= 15 is 0 Å². The van der Waals surface area contributed by atoms with Crippen LogP contribution < -0.4 is 11.1 Å². The maximum Gasteiger partial charge on any atom is 0.238 e. The summed E-state index contributed by atoms with van der Waals surface area (Å²) in [4.78, 5) is 14.4. The van der Waals surface area contributed by atoms with E-state index in [0.29, 0.717) is 18.5 Å². The molecule has 1 aromatic carbocycles. The zero-order valence-corrected chi connectivity index (χ0v) is 13.2. The molecule has 4 nitrogen and oxygen atoms in total. The molecule has 0 bridgehead atoms. The Morgan fingerprint density at radius 3 is 2.48 bits per heavy atom. The van der Waals surface area contributed by atoms with E-state index < -0.39 is 0 Å². The first-order valence-electron chi connectivity index (χ1n) is 7.92. The van der Waals surface area contributed by atoms with Gasteiger partial charge in [0.15, 0.2) is 0 Å². The summed E-state index contributed by atoms with van der Waals surface area (Å²) < 4.78 is 0. The molecule has 1 fully saturated rings. The molecule has 0 aromatic heterocycles. The molecular weight excluding hydrogens is 262 g/mol. The van der Waals surface area contributed by atoms with Crippen molar-refractivity contribution in [3.8, 4) is 0 Å². The molecule has 4 heteroatoms.